The maximum Gasteiger partial charge on any atom is 0.246 e. The Morgan fingerprint density at radius 3 is 2.07 bits per heavy atom. The molecular formula is C41H28N2O. The van der Waals surface area contributed by atoms with E-state index in [-0.39, 0.29) is 5.41 Å². The van der Waals surface area contributed by atoms with E-state index in [9.17, 15) is 0 Å². The van der Waals surface area contributed by atoms with Crippen LogP contribution < -0.4 is 0 Å². The molecule has 0 unspecified atom stereocenters. The van der Waals surface area contributed by atoms with Crippen molar-refractivity contribution in [3.63, 3.8) is 0 Å². The average Bonchev–Trinajstić information content (AvgIpc) is 3.56. The second-order valence-electron chi connectivity index (χ2n) is 12.2. The molecule has 0 amide bonds. The number of benzene rings is 6. The van der Waals surface area contributed by atoms with Crippen molar-refractivity contribution in [1.82, 2.24) is 9.97 Å². The highest BCUT2D eigenvalue weighted by Crippen LogP contribution is 2.51. The van der Waals surface area contributed by atoms with Gasteiger partial charge in [-0.3, -0.25) is 0 Å². The van der Waals surface area contributed by atoms with E-state index in [1.807, 2.05) is 42.5 Å². The third kappa shape index (κ3) is 3.62. The Morgan fingerprint density at radius 2 is 1.20 bits per heavy atom. The fourth-order valence-electron chi connectivity index (χ4n) is 7.05. The molecule has 3 heteroatoms. The minimum absolute atomic E-state index is 0.00186. The summed E-state index contributed by atoms with van der Waals surface area (Å²) in [5, 5.41) is 3.54. The molecule has 0 bridgehead atoms. The molecular weight excluding hydrogens is 536 g/mol. The van der Waals surface area contributed by atoms with Crippen LogP contribution in [-0.2, 0) is 5.41 Å². The van der Waals surface area contributed by atoms with Gasteiger partial charge in [0.1, 0.15) is 16.8 Å². The summed E-state index contributed by atoms with van der Waals surface area (Å²) in [6, 6.07) is 47.2. The highest BCUT2D eigenvalue weighted by atomic mass is 16.3. The van der Waals surface area contributed by atoms with Gasteiger partial charge < -0.3 is 4.42 Å². The molecule has 0 aliphatic heterocycles. The summed E-state index contributed by atoms with van der Waals surface area (Å²) in [6.45, 7) is 4.67. The van der Waals surface area contributed by atoms with Gasteiger partial charge in [0.05, 0.1) is 5.69 Å². The van der Waals surface area contributed by atoms with E-state index < -0.39 is 0 Å². The van der Waals surface area contributed by atoms with Crippen molar-refractivity contribution in [2.45, 2.75) is 19.3 Å². The minimum atomic E-state index is 0.00186. The molecule has 1 aliphatic rings. The predicted octanol–water partition coefficient (Wildman–Crippen LogP) is 10.8. The fraction of sp³-hybridized carbons (Fsp3) is 0.0732. The summed E-state index contributed by atoms with van der Waals surface area (Å²) >= 11 is 0. The van der Waals surface area contributed by atoms with Gasteiger partial charge >= 0.3 is 0 Å². The molecule has 2 heterocycles. The highest BCUT2D eigenvalue weighted by molar-refractivity contribution is 6.04. The first-order chi connectivity index (χ1) is 21.6. The second-order valence-corrected chi connectivity index (χ2v) is 12.2. The Hall–Kier alpha value is -5.54. The van der Waals surface area contributed by atoms with Crippen molar-refractivity contribution in [3.05, 3.63) is 145 Å². The molecule has 2 aromatic heterocycles. The van der Waals surface area contributed by atoms with Crippen LogP contribution in [0.3, 0.4) is 0 Å². The Bertz CT molecular complexity index is 2400. The number of hydrogen-bond acceptors (Lipinski definition) is 3. The number of hydrogen-bond donors (Lipinski definition) is 0. The smallest absolute Gasteiger partial charge is 0.246 e. The van der Waals surface area contributed by atoms with Crippen LogP contribution in [0.25, 0.3) is 77.7 Å². The van der Waals surface area contributed by atoms with Crippen LogP contribution in [0.15, 0.2) is 138 Å². The highest BCUT2D eigenvalue weighted by Gasteiger charge is 2.36. The van der Waals surface area contributed by atoms with Gasteiger partial charge in [0.2, 0.25) is 5.71 Å². The van der Waals surface area contributed by atoms with Gasteiger partial charge in [0.15, 0.2) is 0 Å². The number of fused-ring (bicyclic) bond motifs is 8. The molecule has 8 aromatic rings. The Balaban J connectivity index is 1.15. The Labute approximate surface area is 255 Å². The van der Waals surface area contributed by atoms with E-state index in [0.717, 1.165) is 39.0 Å². The molecule has 0 N–H and O–H groups in total. The Morgan fingerprint density at radius 1 is 0.523 bits per heavy atom. The topological polar surface area (TPSA) is 38.9 Å². The van der Waals surface area contributed by atoms with Crippen molar-refractivity contribution in [3.8, 4) is 44.8 Å². The van der Waals surface area contributed by atoms with Gasteiger partial charge in [0, 0.05) is 21.9 Å². The maximum absolute atomic E-state index is 6.10. The molecule has 1 aliphatic carbocycles. The van der Waals surface area contributed by atoms with Gasteiger partial charge in [-0.25, -0.2) is 9.97 Å². The lowest BCUT2D eigenvalue weighted by molar-refractivity contribution is 0.653. The third-order valence-corrected chi connectivity index (χ3v) is 9.31. The van der Waals surface area contributed by atoms with Crippen molar-refractivity contribution in [1.29, 1.82) is 0 Å². The normalized spacial score (nSPS) is 13.4. The molecule has 0 fully saturated rings. The molecule has 0 atom stereocenters. The molecule has 208 valence electrons. The zero-order chi connectivity index (χ0) is 29.4. The van der Waals surface area contributed by atoms with E-state index >= 15 is 0 Å². The quantitative estimate of drug-likeness (QED) is 0.214. The van der Waals surface area contributed by atoms with Gasteiger partial charge in [0.25, 0.3) is 0 Å². The van der Waals surface area contributed by atoms with Crippen LogP contribution in [0.1, 0.15) is 25.0 Å². The summed E-state index contributed by atoms with van der Waals surface area (Å²) in [4.78, 5) is 10.2. The van der Waals surface area contributed by atoms with Crippen molar-refractivity contribution in [2.24, 2.45) is 0 Å². The second kappa shape index (κ2) is 9.23. The number of rotatable bonds is 3. The van der Waals surface area contributed by atoms with E-state index in [1.54, 1.807) is 0 Å². The van der Waals surface area contributed by atoms with Gasteiger partial charge in [-0.2, -0.15) is 0 Å². The monoisotopic (exact) mass is 564 g/mol. The summed E-state index contributed by atoms with van der Waals surface area (Å²) in [5.74, 6) is 0. The maximum atomic E-state index is 6.10. The lowest BCUT2D eigenvalue weighted by atomic mass is 9.82. The molecule has 0 spiro atoms. The summed E-state index contributed by atoms with van der Waals surface area (Å²) in [5.41, 5.74) is 13.7. The molecule has 6 aromatic carbocycles. The zero-order valence-corrected chi connectivity index (χ0v) is 24.5. The number of para-hydroxylation sites is 1. The fourth-order valence-corrected chi connectivity index (χ4v) is 7.05. The van der Waals surface area contributed by atoms with Crippen LogP contribution in [0.5, 0.6) is 0 Å². The van der Waals surface area contributed by atoms with E-state index in [1.165, 1.54) is 44.2 Å². The number of nitrogens with zero attached hydrogens (tertiary/aromatic N) is 2. The number of aromatic nitrogens is 2. The summed E-state index contributed by atoms with van der Waals surface area (Å²) < 4.78 is 6.10. The SMILES string of the molecule is CC1(C)c2ccccc2-c2c1ccc1cc(-c3ccc(-c4nc5c(nc4-c4ccccc4)oc4ccccc45)cc3)ccc21. The van der Waals surface area contributed by atoms with Crippen LogP contribution in [0, 0.1) is 0 Å². The van der Waals surface area contributed by atoms with Crippen molar-refractivity contribution >= 4 is 33.0 Å². The van der Waals surface area contributed by atoms with Gasteiger partial charge in [-0.05, 0) is 62.4 Å². The Kier molecular flexibility index (Phi) is 5.24. The predicted molar refractivity (Wildman–Crippen MR) is 181 cm³/mol. The van der Waals surface area contributed by atoms with E-state index in [0.29, 0.717) is 5.71 Å². The van der Waals surface area contributed by atoms with Crippen molar-refractivity contribution in [2.75, 3.05) is 0 Å². The number of furan rings is 1. The van der Waals surface area contributed by atoms with Gasteiger partial charge in [-0.1, -0.05) is 129 Å². The molecule has 44 heavy (non-hydrogen) atoms. The first-order valence-corrected chi connectivity index (χ1v) is 15.1. The molecule has 0 saturated carbocycles. The van der Waals surface area contributed by atoms with E-state index in [4.69, 9.17) is 14.4 Å². The van der Waals surface area contributed by atoms with Crippen LogP contribution in [0.2, 0.25) is 0 Å². The zero-order valence-electron chi connectivity index (χ0n) is 24.5. The summed E-state index contributed by atoms with van der Waals surface area (Å²) in [7, 11) is 0. The molecule has 0 radical (unpaired) electrons. The van der Waals surface area contributed by atoms with Crippen molar-refractivity contribution < 1.29 is 4.42 Å². The molecule has 9 rings (SSSR count). The van der Waals surface area contributed by atoms with E-state index in [2.05, 4.69) is 105 Å². The van der Waals surface area contributed by atoms with Gasteiger partial charge in [-0.15, -0.1) is 0 Å². The minimum Gasteiger partial charge on any atom is -0.436 e. The summed E-state index contributed by atoms with van der Waals surface area (Å²) in [6.07, 6.45) is 0. The molecule has 0 saturated heterocycles. The standard InChI is InChI=1S/C41H28N2O/c1-41(2)33-14-8-6-12-31(33)36-30-22-20-28(24-29(30)21-23-34(36)41)25-16-18-27(19-17-25)37-38(26-10-4-3-5-11-26)43-40-39(42-37)32-13-7-9-15-35(32)44-40/h3-24H,1-2H3. The van der Waals surface area contributed by atoms with Crippen LogP contribution in [-0.4, -0.2) is 9.97 Å². The first kappa shape index (κ1) is 25.0. The molecule has 3 nitrogen and oxygen atoms in total. The van der Waals surface area contributed by atoms with Crippen LogP contribution >= 0.6 is 0 Å². The third-order valence-electron chi connectivity index (χ3n) is 9.31. The lowest BCUT2D eigenvalue weighted by Crippen LogP contribution is -2.14. The first-order valence-electron chi connectivity index (χ1n) is 15.1. The van der Waals surface area contributed by atoms with Crippen LogP contribution in [0.4, 0.5) is 0 Å². The lowest BCUT2D eigenvalue weighted by Gasteiger charge is -2.21. The average molecular weight is 565 g/mol. The largest absolute Gasteiger partial charge is 0.436 e.